The van der Waals surface area contributed by atoms with Crippen LogP contribution in [0.3, 0.4) is 0 Å². The number of aromatic nitrogens is 3. The second-order valence-electron chi connectivity index (χ2n) is 5.23. The molecule has 2 aromatic rings. The molecule has 110 valence electrons. The molecule has 1 aliphatic carbocycles. The summed E-state index contributed by atoms with van der Waals surface area (Å²) in [5.41, 5.74) is 2.39. The third-order valence-electron chi connectivity index (χ3n) is 3.75. The van der Waals surface area contributed by atoms with Crippen molar-refractivity contribution >= 4 is 11.8 Å². The molecule has 0 fully saturated rings. The van der Waals surface area contributed by atoms with Gasteiger partial charge in [0.1, 0.15) is 11.4 Å². The number of hydrogen-bond donors (Lipinski definition) is 2. The quantitative estimate of drug-likeness (QED) is 0.878. The molecule has 2 N–H and O–H groups in total. The van der Waals surface area contributed by atoms with Gasteiger partial charge in [0.15, 0.2) is 0 Å². The van der Waals surface area contributed by atoms with Crippen LogP contribution in [0.5, 0.6) is 0 Å². The highest BCUT2D eigenvalue weighted by molar-refractivity contribution is 5.93. The predicted molar refractivity (Wildman–Crippen MR) is 78.6 cm³/mol. The maximum Gasteiger partial charge on any atom is 0.339 e. The summed E-state index contributed by atoms with van der Waals surface area (Å²) >= 11 is 0. The Morgan fingerprint density at radius 3 is 3.00 bits per heavy atom. The van der Waals surface area contributed by atoms with E-state index >= 15 is 0 Å². The van der Waals surface area contributed by atoms with Crippen molar-refractivity contribution in [3.05, 3.63) is 41.6 Å². The average molecular weight is 286 g/mol. The average Bonchev–Trinajstić information content (AvgIpc) is 2.99. The summed E-state index contributed by atoms with van der Waals surface area (Å²) in [7, 11) is 0. The molecular weight excluding hydrogens is 268 g/mol. The number of anilines is 1. The van der Waals surface area contributed by atoms with Crippen LogP contribution in [0.15, 0.2) is 24.8 Å². The minimum atomic E-state index is -0.930. The summed E-state index contributed by atoms with van der Waals surface area (Å²) in [5, 5.41) is 12.5. The van der Waals surface area contributed by atoms with Crippen molar-refractivity contribution in [1.82, 2.24) is 14.5 Å². The van der Waals surface area contributed by atoms with Gasteiger partial charge in [0.25, 0.3) is 0 Å². The van der Waals surface area contributed by atoms with Crippen molar-refractivity contribution in [1.29, 1.82) is 0 Å². The molecule has 0 amide bonds. The number of aromatic carboxylic acids is 1. The Labute approximate surface area is 122 Å². The van der Waals surface area contributed by atoms with Gasteiger partial charge in [-0.2, -0.15) is 0 Å². The van der Waals surface area contributed by atoms with Gasteiger partial charge in [0.05, 0.1) is 6.33 Å². The van der Waals surface area contributed by atoms with Crippen molar-refractivity contribution in [2.45, 2.75) is 32.2 Å². The fourth-order valence-electron chi connectivity index (χ4n) is 2.65. The number of rotatable bonds is 5. The van der Waals surface area contributed by atoms with Gasteiger partial charge in [-0.05, 0) is 37.3 Å². The summed E-state index contributed by atoms with van der Waals surface area (Å²) in [6, 6.07) is 1.78. The van der Waals surface area contributed by atoms with Crippen molar-refractivity contribution in [2.75, 3.05) is 11.9 Å². The number of hydrogen-bond acceptors (Lipinski definition) is 4. The number of carbonyl (C=O) groups is 1. The number of nitrogens with zero attached hydrogens (tertiary/aromatic N) is 3. The zero-order chi connectivity index (χ0) is 14.7. The van der Waals surface area contributed by atoms with Gasteiger partial charge in [-0.15, -0.1) is 0 Å². The fraction of sp³-hybridized carbons (Fsp3) is 0.400. The normalized spacial score (nSPS) is 13.7. The Hall–Kier alpha value is -2.37. The molecule has 21 heavy (non-hydrogen) atoms. The number of fused-ring (bicyclic) bond motifs is 1. The molecule has 2 heterocycles. The molecule has 0 saturated heterocycles. The van der Waals surface area contributed by atoms with Gasteiger partial charge >= 0.3 is 5.97 Å². The van der Waals surface area contributed by atoms with Crippen LogP contribution in [0, 0.1) is 0 Å². The lowest BCUT2D eigenvalue weighted by molar-refractivity contribution is 0.0697. The standard InChI is InChI=1S/C15H18N4O2/c20-15(21)12-9-11-3-1-2-4-13(11)18-14(12)17-6-8-19-7-5-16-10-19/h5,7,9-10H,1-4,6,8H2,(H,17,18)(H,20,21). The molecule has 2 aromatic heterocycles. The van der Waals surface area contributed by atoms with E-state index < -0.39 is 5.97 Å². The summed E-state index contributed by atoms with van der Waals surface area (Å²) in [4.78, 5) is 19.9. The maximum absolute atomic E-state index is 11.4. The first kappa shape index (κ1) is 13.6. The Bertz CT molecular complexity index is 637. The highest BCUT2D eigenvalue weighted by atomic mass is 16.4. The van der Waals surface area contributed by atoms with Crippen molar-refractivity contribution in [3.63, 3.8) is 0 Å². The van der Waals surface area contributed by atoms with E-state index in [4.69, 9.17) is 0 Å². The van der Waals surface area contributed by atoms with Crippen LogP contribution in [0.1, 0.15) is 34.5 Å². The zero-order valence-corrected chi connectivity index (χ0v) is 11.7. The van der Waals surface area contributed by atoms with Crippen LogP contribution in [0.25, 0.3) is 0 Å². The topological polar surface area (TPSA) is 80.0 Å². The number of carboxylic acids is 1. The van der Waals surface area contributed by atoms with Gasteiger partial charge in [-0.25, -0.2) is 14.8 Å². The van der Waals surface area contributed by atoms with E-state index in [2.05, 4.69) is 15.3 Å². The van der Waals surface area contributed by atoms with Gasteiger partial charge < -0.3 is 15.0 Å². The van der Waals surface area contributed by atoms with Gasteiger partial charge in [0.2, 0.25) is 0 Å². The lowest BCUT2D eigenvalue weighted by Gasteiger charge is -2.18. The SMILES string of the molecule is O=C(O)c1cc2c(nc1NCCn1ccnc1)CCCC2. The van der Waals surface area contributed by atoms with Crippen LogP contribution < -0.4 is 5.32 Å². The minimum Gasteiger partial charge on any atom is -0.478 e. The molecule has 0 aliphatic heterocycles. The molecule has 0 aromatic carbocycles. The molecule has 0 saturated carbocycles. The van der Waals surface area contributed by atoms with Crippen molar-refractivity contribution < 1.29 is 9.90 Å². The Balaban J connectivity index is 1.77. The summed E-state index contributed by atoms with van der Waals surface area (Å²) in [6.07, 6.45) is 9.44. The number of nitrogens with one attached hydrogen (secondary N) is 1. The molecule has 1 aliphatic rings. The molecule has 0 unspecified atom stereocenters. The molecule has 0 bridgehead atoms. The lowest BCUT2D eigenvalue weighted by atomic mass is 9.95. The number of imidazole rings is 1. The largest absolute Gasteiger partial charge is 0.478 e. The summed E-state index contributed by atoms with van der Waals surface area (Å²) < 4.78 is 1.94. The van der Waals surface area contributed by atoms with Gasteiger partial charge in [-0.3, -0.25) is 0 Å². The van der Waals surface area contributed by atoms with Gasteiger partial charge in [0, 0.05) is 31.2 Å². The van der Waals surface area contributed by atoms with E-state index in [-0.39, 0.29) is 5.56 Å². The molecule has 6 heteroatoms. The maximum atomic E-state index is 11.4. The third-order valence-corrected chi connectivity index (χ3v) is 3.75. The smallest absolute Gasteiger partial charge is 0.339 e. The Morgan fingerprint density at radius 2 is 2.24 bits per heavy atom. The second-order valence-corrected chi connectivity index (χ2v) is 5.23. The highest BCUT2D eigenvalue weighted by Crippen LogP contribution is 2.24. The van der Waals surface area contributed by atoms with Crippen LogP contribution in [-0.4, -0.2) is 32.2 Å². The molecule has 0 radical (unpaired) electrons. The van der Waals surface area contributed by atoms with Crippen LogP contribution in [0.4, 0.5) is 5.82 Å². The van der Waals surface area contributed by atoms with Crippen LogP contribution in [0.2, 0.25) is 0 Å². The van der Waals surface area contributed by atoms with Crippen molar-refractivity contribution in [3.8, 4) is 0 Å². The van der Waals surface area contributed by atoms with E-state index in [1.165, 1.54) is 0 Å². The van der Waals surface area contributed by atoms with E-state index in [1.807, 2.05) is 10.8 Å². The lowest BCUT2D eigenvalue weighted by Crippen LogP contribution is -2.16. The molecule has 0 atom stereocenters. The predicted octanol–water partition coefficient (Wildman–Crippen LogP) is 1.97. The molecular formula is C15H18N4O2. The number of carboxylic acid groups (broad SMARTS) is 1. The van der Waals surface area contributed by atoms with E-state index in [9.17, 15) is 9.90 Å². The van der Waals surface area contributed by atoms with Crippen molar-refractivity contribution in [2.24, 2.45) is 0 Å². The van der Waals surface area contributed by atoms with E-state index in [0.717, 1.165) is 43.5 Å². The first-order valence-electron chi connectivity index (χ1n) is 7.20. The van der Waals surface area contributed by atoms with Gasteiger partial charge in [-0.1, -0.05) is 0 Å². The monoisotopic (exact) mass is 286 g/mol. The summed E-state index contributed by atoms with van der Waals surface area (Å²) in [6.45, 7) is 1.33. The first-order valence-corrected chi connectivity index (χ1v) is 7.20. The number of pyridine rings is 1. The zero-order valence-electron chi connectivity index (χ0n) is 11.7. The number of aryl methyl sites for hydroxylation is 2. The molecule has 3 rings (SSSR count). The molecule has 0 spiro atoms. The highest BCUT2D eigenvalue weighted by Gasteiger charge is 2.18. The molecule has 6 nitrogen and oxygen atoms in total. The first-order chi connectivity index (χ1) is 10.2. The van der Waals surface area contributed by atoms with E-state index in [1.54, 1.807) is 18.6 Å². The van der Waals surface area contributed by atoms with Crippen LogP contribution >= 0.6 is 0 Å². The Kier molecular flexibility index (Phi) is 3.85. The second kappa shape index (κ2) is 5.95. The van der Waals surface area contributed by atoms with Crippen LogP contribution in [-0.2, 0) is 19.4 Å². The Morgan fingerprint density at radius 1 is 1.38 bits per heavy atom. The summed E-state index contributed by atoms with van der Waals surface area (Å²) in [5.74, 6) is -0.454. The van der Waals surface area contributed by atoms with E-state index in [0.29, 0.717) is 12.4 Å². The minimum absolute atomic E-state index is 0.265. The fourth-order valence-corrected chi connectivity index (χ4v) is 2.65. The third kappa shape index (κ3) is 3.04.